The molecule has 6 nitrogen and oxygen atoms in total. The van der Waals surface area contributed by atoms with Gasteiger partial charge >= 0.3 is 6.61 Å². The van der Waals surface area contributed by atoms with Gasteiger partial charge in [0.15, 0.2) is 5.16 Å². The summed E-state index contributed by atoms with van der Waals surface area (Å²) in [6.45, 7) is -2.90. The van der Waals surface area contributed by atoms with E-state index in [1.54, 1.807) is 25.4 Å². The number of aromatic nitrogens is 2. The van der Waals surface area contributed by atoms with Crippen LogP contribution in [0.4, 0.5) is 14.5 Å². The molecule has 1 N–H and O–H groups in total. The number of para-hydroxylation sites is 1. The largest absolute Gasteiger partial charge is 0.497 e. The summed E-state index contributed by atoms with van der Waals surface area (Å²) >= 11 is 1.27. The average molecular weight is 482 g/mol. The number of imidazole rings is 1. The highest BCUT2D eigenvalue weighted by molar-refractivity contribution is 7.99. The number of carbonyl (C=O) groups is 1. The third-order valence-corrected chi connectivity index (χ3v) is 5.78. The van der Waals surface area contributed by atoms with Crippen molar-refractivity contribution in [3.8, 4) is 28.4 Å². The predicted octanol–water partition coefficient (Wildman–Crippen LogP) is 5.88. The number of anilines is 1. The zero-order valence-electron chi connectivity index (χ0n) is 18.2. The van der Waals surface area contributed by atoms with Crippen LogP contribution < -0.4 is 14.8 Å². The van der Waals surface area contributed by atoms with Crippen molar-refractivity contribution in [3.05, 3.63) is 85.1 Å². The summed E-state index contributed by atoms with van der Waals surface area (Å²) in [5, 5.41) is 3.43. The van der Waals surface area contributed by atoms with Crippen LogP contribution in [-0.4, -0.2) is 34.9 Å². The minimum atomic E-state index is -2.90. The molecule has 3 aromatic carbocycles. The Morgan fingerprint density at radius 3 is 2.32 bits per heavy atom. The number of alkyl halides is 2. The van der Waals surface area contributed by atoms with Crippen molar-refractivity contribution in [2.75, 3.05) is 18.2 Å². The Morgan fingerprint density at radius 2 is 1.68 bits per heavy atom. The van der Waals surface area contributed by atoms with E-state index in [1.807, 2.05) is 59.2 Å². The predicted molar refractivity (Wildman–Crippen MR) is 128 cm³/mol. The number of ether oxygens (including phenoxy) is 2. The second-order valence-electron chi connectivity index (χ2n) is 7.07. The SMILES string of the molecule is COc1ccc(-c2cnc(SCC(=O)Nc3ccccc3)n2-c2ccc(OC(F)F)cc2)cc1. The lowest BCUT2D eigenvalue weighted by Crippen LogP contribution is -2.14. The van der Waals surface area contributed by atoms with E-state index in [9.17, 15) is 13.6 Å². The minimum Gasteiger partial charge on any atom is -0.497 e. The molecule has 0 saturated carbocycles. The van der Waals surface area contributed by atoms with Gasteiger partial charge < -0.3 is 14.8 Å². The summed E-state index contributed by atoms with van der Waals surface area (Å²) in [5.74, 6) is 0.745. The van der Waals surface area contributed by atoms with E-state index < -0.39 is 6.61 Å². The van der Waals surface area contributed by atoms with Crippen LogP contribution in [0.3, 0.4) is 0 Å². The number of thioether (sulfide) groups is 1. The molecule has 0 spiro atoms. The molecule has 1 amide bonds. The van der Waals surface area contributed by atoms with Gasteiger partial charge in [-0.1, -0.05) is 30.0 Å². The van der Waals surface area contributed by atoms with Crippen molar-refractivity contribution in [1.29, 1.82) is 0 Å². The fourth-order valence-electron chi connectivity index (χ4n) is 3.28. The van der Waals surface area contributed by atoms with E-state index in [4.69, 9.17) is 4.74 Å². The van der Waals surface area contributed by atoms with Crippen molar-refractivity contribution in [3.63, 3.8) is 0 Å². The first kappa shape index (κ1) is 23.3. The van der Waals surface area contributed by atoms with Gasteiger partial charge in [-0.3, -0.25) is 9.36 Å². The molecule has 1 aromatic heterocycles. The fraction of sp³-hybridized carbons (Fsp3) is 0.120. The summed E-state index contributed by atoms with van der Waals surface area (Å²) in [6, 6.07) is 22.9. The summed E-state index contributed by atoms with van der Waals surface area (Å²) in [5.41, 5.74) is 3.05. The zero-order valence-corrected chi connectivity index (χ0v) is 19.0. The number of halogens is 2. The molecule has 4 rings (SSSR count). The lowest BCUT2D eigenvalue weighted by atomic mass is 10.1. The Kier molecular flexibility index (Phi) is 7.44. The number of hydrogen-bond acceptors (Lipinski definition) is 5. The Balaban J connectivity index is 1.61. The summed E-state index contributed by atoms with van der Waals surface area (Å²) in [4.78, 5) is 17.0. The number of rotatable bonds is 9. The molecule has 0 fully saturated rings. The topological polar surface area (TPSA) is 65.4 Å². The molecule has 0 aliphatic rings. The van der Waals surface area contributed by atoms with Crippen molar-refractivity contribution in [2.45, 2.75) is 11.8 Å². The van der Waals surface area contributed by atoms with Gasteiger partial charge in [-0.05, 0) is 60.7 Å². The van der Waals surface area contributed by atoms with Gasteiger partial charge in [0.2, 0.25) is 5.91 Å². The lowest BCUT2D eigenvalue weighted by molar-refractivity contribution is -0.113. The van der Waals surface area contributed by atoms with Gasteiger partial charge in [-0.25, -0.2) is 4.98 Å². The number of benzene rings is 3. The Labute approximate surface area is 199 Å². The number of amides is 1. The monoisotopic (exact) mass is 481 g/mol. The molecular weight excluding hydrogens is 460 g/mol. The van der Waals surface area contributed by atoms with Crippen LogP contribution in [0.15, 0.2) is 90.2 Å². The van der Waals surface area contributed by atoms with Crippen molar-refractivity contribution in [2.24, 2.45) is 0 Å². The van der Waals surface area contributed by atoms with Gasteiger partial charge in [0, 0.05) is 16.9 Å². The first-order valence-electron chi connectivity index (χ1n) is 10.3. The summed E-state index contributed by atoms with van der Waals surface area (Å²) in [6.07, 6.45) is 1.71. The van der Waals surface area contributed by atoms with Crippen LogP contribution >= 0.6 is 11.8 Å². The molecule has 0 saturated heterocycles. The maximum absolute atomic E-state index is 12.5. The smallest absolute Gasteiger partial charge is 0.387 e. The van der Waals surface area contributed by atoms with Gasteiger partial charge in [-0.15, -0.1) is 0 Å². The van der Waals surface area contributed by atoms with Gasteiger partial charge in [0.25, 0.3) is 0 Å². The van der Waals surface area contributed by atoms with Crippen molar-refractivity contribution >= 4 is 23.4 Å². The molecule has 0 aliphatic heterocycles. The molecule has 0 bridgehead atoms. The molecular formula is C25H21F2N3O3S. The normalized spacial score (nSPS) is 10.8. The van der Waals surface area contributed by atoms with Crippen LogP contribution in [0, 0.1) is 0 Å². The molecule has 34 heavy (non-hydrogen) atoms. The molecule has 174 valence electrons. The van der Waals surface area contributed by atoms with E-state index in [-0.39, 0.29) is 17.4 Å². The number of hydrogen-bond donors (Lipinski definition) is 1. The fourth-order valence-corrected chi connectivity index (χ4v) is 4.07. The number of carbonyl (C=O) groups excluding carboxylic acids is 1. The Bertz CT molecular complexity index is 1230. The van der Waals surface area contributed by atoms with Crippen molar-refractivity contribution < 1.29 is 23.0 Å². The highest BCUT2D eigenvalue weighted by Crippen LogP contribution is 2.31. The Hall–Kier alpha value is -3.85. The van der Waals surface area contributed by atoms with Crippen LogP contribution in [0.5, 0.6) is 11.5 Å². The number of nitrogens with one attached hydrogen (secondary N) is 1. The molecule has 0 unspecified atom stereocenters. The standard InChI is InChI=1S/C25H21F2N3O3S/c1-32-20-11-7-17(8-12-20)22-15-28-25(34-16-23(31)29-18-5-3-2-4-6-18)30(22)19-9-13-21(14-10-19)33-24(26)27/h2-15,24H,16H2,1H3,(H,29,31). The van der Waals surface area contributed by atoms with Crippen LogP contribution in [0.25, 0.3) is 16.9 Å². The van der Waals surface area contributed by atoms with Crippen LogP contribution in [0.2, 0.25) is 0 Å². The second-order valence-corrected chi connectivity index (χ2v) is 8.01. The first-order chi connectivity index (χ1) is 16.5. The van der Waals surface area contributed by atoms with Crippen molar-refractivity contribution in [1.82, 2.24) is 9.55 Å². The first-order valence-corrected chi connectivity index (χ1v) is 11.3. The third-order valence-electron chi connectivity index (χ3n) is 4.83. The average Bonchev–Trinajstić information content (AvgIpc) is 3.27. The second kappa shape index (κ2) is 10.8. The lowest BCUT2D eigenvalue weighted by Gasteiger charge is -2.13. The Morgan fingerprint density at radius 1 is 1.00 bits per heavy atom. The van der Waals surface area contributed by atoms with E-state index in [2.05, 4.69) is 15.0 Å². The molecule has 0 radical (unpaired) electrons. The van der Waals surface area contributed by atoms with Crippen LogP contribution in [0.1, 0.15) is 0 Å². The van der Waals surface area contributed by atoms with Gasteiger partial charge in [0.05, 0.1) is 24.8 Å². The maximum Gasteiger partial charge on any atom is 0.387 e. The van der Waals surface area contributed by atoms with E-state index in [1.165, 1.54) is 23.9 Å². The zero-order chi connectivity index (χ0) is 23.9. The van der Waals surface area contributed by atoms with Crippen LogP contribution in [-0.2, 0) is 4.79 Å². The molecule has 4 aromatic rings. The van der Waals surface area contributed by atoms with E-state index in [0.29, 0.717) is 16.5 Å². The molecule has 0 atom stereocenters. The summed E-state index contributed by atoms with van der Waals surface area (Å²) in [7, 11) is 1.59. The quantitative estimate of drug-likeness (QED) is 0.303. The van der Waals surface area contributed by atoms with E-state index in [0.717, 1.165) is 17.0 Å². The maximum atomic E-state index is 12.5. The number of methoxy groups -OCH3 is 1. The van der Waals surface area contributed by atoms with Gasteiger partial charge in [-0.2, -0.15) is 8.78 Å². The molecule has 9 heteroatoms. The highest BCUT2D eigenvalue weighted by Gasteiger charge is 2.16. The summed E-state index contributed by atoms with van der Waals surface area (Å²) < 4.78 is 36.7. The molecule has 0 aliphatic carbocycles. The van der Waals surface area contributed by atoms with E-state index >= 15 is 0 Å². The van der Waals surface area contributed by atoms with Gasteiger partial charge in [0.1, 0.15) is 11.5 Å². The third kappa shape index (κ3) is 5.74. The minimum absolute atomic E-state index is 0.0568. The number of nitrogens with zero attached hydrogens (tertiary/aromatic N) is 2. The highest BCUT2D eigenvalue weighted by atomic mass is 32.2. The molecule has 1 heterocycles.